The number of hydrogen-bond acceptors (Lipinski definition) is 4. The fraction of sp³-hybridized carbons (Fsp3) is 0.333. The number of benzene rings is 1. The third kappa shape index (κ3) is 3.19. The van der Waals surface area contributed by atoms with E-state index in [2.05, 4.69) is 4.98 Å². The topological polar surface area (TPSA) is 51.7 Å². The summed E-state index contributed by atoms with van der Waals surface area (Å²) in [6.45, 7) is 1.15. The molecule has 1 aromatic heterocycles. The van der Waals surface area contributed by atoms with Gasteiger partial charge in [0.25, 0.3) is 5.91 Å². The number of nitrogens with zero attached hydrogens (tertiary/aromatic N) is 2. The summed E-state index contributed by atoms with van der Waals surface area (Å²) in [5.41, 5.74) is 2.32. The minimum absolute atomic E-state index is 0.0398. The zero-order chi connectivity index (χ0) is 16.2. The van der Waals surface area contributed by atoms with Gasteiger partial charge in [-0.1, -0.05) is 18.2 Å². The predicted molar refractivity (Wildman–Crippen MR) is 86.3 cm³/mol. The lowest BCUT2D eigenvalue weighted by Crippen LogP contribution is -2.45. The second-order valence-electron chi connectivity index (χ2n) is 5.53. The van der Waals surface area contributed by atoms with Gasteiger partial charge in [0.15, 0.2) is 0 Å². The van der Waals surface area contributed by atoms with Crippen molar-refractivity contribution in [3.05, 3.63) is 59.4 Å². The van der Waals surface area contributed by atoms with E-state index in [-0.39, 0.29) is 11.9 Å². The molecule has 0 unspecified atom stereocenters. The molecule has 0 aliphatic carbocycles. The van der Waals surface area contributed by atoms with Gasteiger partial charge in [0.05, 0.1) is 25.5 Å². The van der Waals surface area contributed by atoms with Gasteiger partial charge >= 0.3 is 0 Å². The molecule has 120 valence electrons. The highest BCUT2D eigenvalue weighted by atomic mass is 16.5. The van der Waals surface area contributed by atoms with Gasteiger partial charge in [-0.25, -0.2) is 4.98 Å². The van der Waals surface area contributed by atoms with Crippen LogP contribution in [0.3, 0.4) is 0 Å². The minimum atomic E-state index is -0.0398. The number of pyridine rings is 1. The Balaban J connectivity index is 1.78. The van der Waals surface area contributed by atoms with E-state index in [1.54, 1.807) is 20.3 Å². The van der Waals surface area contributed by atoms with Crippen LogP contribution < -0.4 is 4.74 Å². The molecule has 1 aliphatic rings. The van der Waals surface area contributed by atoms with Crippen molar-refractivity contribution in [1.82, 2.24) is 9.88 Å². The molecule has 1 aliphatic heterocycles. The Morgan fingerprint density at radius 3 is 2.78 bits per heavy atom. The lowest BCUT2D eigenvalue weighted by atomic mass is 9.94. The maximum atomic E-state index is 12.7. The number of likely N-dealkylation sites (tertiary alicyclic amines) is 1. The van der Waals surface area contributed by atoms with Gasteiger partial charge in [-0.2, -0.15) is 0 Å². The van der Waals surface area contributed by atoms with Crippen molar-refractivity contribution in [2.24, 2.45) is 0 Å². The Morgan fingerprint density at radius 1 is 1.26 bits per heavy atom. The first-order valence-electron chi connectivity index (χ1n) is 7.62. The monoisotopic (exact) mass is 312 g/mol. The number of ether oxygens (including phenoxy) is 2. The lowest BCUT2D eigenvalue weighted by Gasteiger charge is -2.41. The number of methoxy groups -OCH3 is 2. The van der Waals surface area contributed by atoms with Crippen molar-refractivity contribution in [1.29, 1.82) is 0 Å². The van der Waals surface area contributed by atoms with Crippen molar-refractivity contribution in [2.45, 2.75) is 19.1 Å². The fourth-order valence-electron chi connectivity index (χ4n) is 2.80. The smallest absolute Gasteiger partial charge is 0.272 e. The molecule has 5 nitrogen and oxygen atoms in total. The maximum absolute atomic E-state index is 12.7. The van der Waals surface area contributed by atoms with Crippen molar-refractivity contribution in [3.8, 4) is 5.75 Å². The third-order valence-electron chi connectivity index (χ3n) is 4.08. The molecule has 0 N–H and O–H groups in total. The number of aromatic nitrogens is 1. The Labute approximate surface area is 135 Å². The molecule has 0 saturated carbocycles. The van der Waals surface area contributed by atoms with Crippen LogP contribution in [0.15, 0.2) is 42.5 Å². The number of carbonyl (C=O) groups excluding carboxylic acids is 1. The van der Waals surface area contributed by atoms with Crippen LogP contribution >= 0.6 is 0 Å². The summed E-state index contributed by atoms with van der Waals surface area (Å²) >= 11 is 0. The Bertz CT molecular complexity index is 702. The third-order valence-corrected chi connectivity index (χ3v) is 4.08. The molecule has 1 saturated heterocycles. The first kappa shape index (κ1) is 15.5. The van der Waals surface area contributed by atoms with Crippen molar-refractivity contribution in [2.75, 3.05) is 20.8 Å². The zero-order valence-corrected chi connectivity index (χ0v) is 13.4. The van der Waals surface area contributed by atoms with E-state index >= 15 is 0 Å². The minimum Gasteiger partial charge on any atom is -0.497 e. The molecular formula is C18H20N2O3. The van der Waals surface area contributed by atoms with E-state index in [1.165, 1.54) is 0 Å². The SMILES string of the molecule is COCc1cccc(C(=O)N2CC[C@H]2c2cccc(OC)c2)n1. The first-order chi connectivity index (χ1) is 11.2. The molecule has 23 heavy (non-hydrogen) atoms. The van der Waals surface area contributed by atoms with Crippen LogP contribution in [0.25, 0.3) is 0 Å². The summed E-state index contributed by atoms with van der Waals surface area (Å²) in [4.78, 5) is 19.0. The van der Waals surface area contributed by atoms with E-state index in [1.807, 2.05) is 41.3 Å². The van der Waals surface area contributed by atoms with E-state index in [4.69, 9.17) is 9.47 Å². The Hall–Kier alpha value is -2.40. The molecule has 2 heterocycles. The summed E-state index contributed by atoms with van der Waals surface area (Å²) in [5.74, 6) is 0.768. The quantitative estimate of drug-likeness (QED) is 0.852. The molecule has 1 atom stereocenters. The molecule has 1 amide bonds. The van der Waals surface area contributed by atoms with E-state index < -0.39 is 0 Å². The normalized spacial score (nSPS) is 16.8. The van der Waals surface area contributed by atoms with Crippen LogP contribution in [0, 0.1) is 0 Å². The molecule has 1 aromatic carbocycles. The average Bonchev–Trinajstić information content (AvgIpc) is 2.54. The number of rotatable bonds is 5. The van der Waals surface area contributed by atoms with Crippen LogP contribution in [0.2, 0.25) is 0 Å². The molecule has 0 radical (unpaired) electrons. The average molecular weight is 312 g/mol. The highest BCUT2D eigenvalue weighted by Gasteiger charge is 2.34. The van der Waals surface area contributed by atoms with Crippen molar-refractivity contribution in [3.63, 3.8) is 0 Å². The van der Waals surface area contributed by atoms with Crippen LogP contribution in [0.1, 0.15) is 34.2 Å². The van der Waals surface area contributed by atoms with Crippen molar-refractivity contribution >= 4 is 5.91 Å². The number of hydrogen-bond donors (Lipinski definition) is 0. The zero-order valence-electron chi connectivity index (χ0n) is 13.4. The Kier molecular flexibility index (Phi) is 4.57. The molecule has 0 bridgehead atoms. The van der Waals surface area contributed by atoms with E-state index in [0.717, 1.165) is 30.0 Å². The molecule has 0 spiro atoms. The van der Waals surface area contributed by atoms with Gasteiger partial charge < -0.3 is 14.4 Å². The highest BCUT2D eigenvalue weighted by molar-refractivity contribution is 5.93. The van der Waals surface area contributed by atoms with Crippen LogP contribution in [-0.4, -0.2) is 36.6 Å². The number of amides is 1. The number of carbonyl (C=O) groups is 1. The van der Waals surface area contributed by atoms with Gasteiger partial charge in [-0.15, -0.1) is 0 Å². The second-order valence-corrected chi connectivity index (χ2v) is 5.53. The molecule has 3 rings (SSSR count). The largest absolute Gasteiger partial charge is 0.497 e. The lowest BCUT2D eigenvalue weighted by molar-refractivity contribution is 0.0453. The van der Waals surface area contributed by atoms with Crippen LogP contribution in [-0.2, 0) is 11.3 Å². The first-order valence-corrected chi connectivity index (χ1v) is 7.62. The van der Waals surface area contributed by atoms with Crippen LogP contribution in [0.4, 0.5) is 0 Å². The summed E-state index contributed by atoms with van der Waals surface area (Å²) in [6.07, 6.45) is 0.955. The summed E-state index contributed by atoms with van der Waals surface area (Å²) < 4.78 is 10.3. The summed E-state index contributed by atoms with van der Waals surface area (Å²) in [7, 11) is 3.26. The fourth-order valence-corrected chi connectivity index (χ4v) is 2.80. The van der Waals surface area contributed by atoms with Gasteiger partial charge in [0, 0.05) is 13.7 Å². The molecular weight excluding hydrogens is 292 g/mol. The van der Waals surface area contributed by atoms with Gasteiger partial charge in [-0.3, -0.25) is 4.79 Å². The maximum Gasteiger partial charge on any atom is 0.272 e. The molecule has 5 heteroatoms. The predicted octanol–water partition coefficient (Wildman–Crippen LogP) is 2.82. The Morgan fingerprint density at radius 2 is 2.09 bits per heavy atom. The molecule has 2 aromatic rings. The van der Waals surface area contributed by atoms with Gasteiger partial charge in [0.2, 0.25) is 0 Å². The highest BCUT2D eigenvalue weighted by Crippen LogP contribution is 2.35. The van der Waals surface area contributed by atoms with Gasteiger partial charge in [0.1, 0.15) is 11.4 Å². The summed E-state index contributed by atoms with van der Waals surface area (Å²) in [5, 5.41) is 0. The van der Waals surface area contributed by atoms with E-state index in [0.29, 0.717) is 12.3 Å². The van der Waals surface area contributed by atoms with Crippen molar-refractivity contribution < 1.29 is 14.3 Å². The summed E-state index contributed by atoms with van der Waals surface area (Å²) in [6, 6.07) is 13.4. The molecule has 1 fully saturated rings. The standard InChI is InChI=1S/C18H20N2O3/c1-22-12-14-6-4-8-16(19-14)18(21)20-10-9-17(20)13-5-3-7-15(11-13)23-2/h3-8,11,17H,9-10,12H2,1-2H3/t17-/m0/s1. The van der Waals surface area contributed by atoms with E-state index in [9.17, 15) is 4.79 Å². The van der Waals surface area contributed by atoms with Crippen LogP contribution in [0.5, 0.6) is 5.75 Å². The van der Waals surface area contributed by atoms with Gasteiger partial charge in [-0.05, 0) is 36.2 Å². The second kappa shape index (κ2) is 6.79.